The van der Waals surface area contributed by atoms with Crippen molar-refractivity contribution in [3.05, 3.63) is 0 Å². The molecule has 1 heterocycles. The van der Waals surface area contributed by atoms with Crippen LogP contribution in [0.15, 0.2) is 0 Å². The molecule has 5 heteroatoms. The van der Waals surface area contributed by atoms with Crippen LogP contribution in [0.4, 0.5) is 4.79 Å². The number of carbonyl (C=O) groups is 1. The van der Waals surface area contributed by atoms with Crippen LogP contribution in [0.25, 0.3) is 0 Å². The van der Waals surface area contributed by atoms with Gasteiger partial charge in [0.25, 0.3) is 0 Å². The standard InChI is InChI=1S/C15H28N2O3/c1-13(2,3)20-12(18)17-14(6-4-5-7-14)10-15(19)8-9-16-11-15/h16,19H,4-11H2,1-3H3,(H,17,18). The van der Waals surface area contributed by atoms with Gasteiger partial charge in [-0.1, -0.05) is 12.8 Å². The van der Waals surface area contributed by atoms with Crippen LogP contribution in [0.5, 0.6) is 0 Å². The number of alkyl carbamates (subject to hydrolysis) is 1. The maximum atomic E-state index is 12.1. The molecule has 1 saturated heterocycles. The second-order valence-corrected chi connectivity index (χ2v) is 7.44. The van der Waals surface area contributed by atoms with Gasteiger partial charge in [-0.25, -0.2) is 4.79 Å². The molecule has 2 rings (SSSR count). The number of amides is 1. The fourth-order valence-electron chi connectivity index (χ4n) is 3.43. The summed E-state index contributed by atoms with van der Waals surface area (Å²) in [5, 5.41) is 16.9. The van der Waals surface area contributed by atoms with Gasteiger partial charge >= 0.3 is 6.09 Å². The van der Waals surface area contributed by atoms with Crippen molar-refractivity contribution >= 4 is 6.09 Å². The molecule has 116 valence electrons. The Morgan fingerprint density at radius 3 is 2.45 bits per heavy atom. The van der Waals surface area contributed by atoms with Crippen LogP contribution in [-0.2, 0) is 4.74 Å². The van der Waals surface area contributed by atoms with Crippen molar-refractivity contribution in [1.29, 1.82) is 0 Å². The maximum Gasteiger partial charge on any atom is 0.408 e. The number of nitrogens with one attached hydrogen (secondary N) is 2. The van der Waals surface area contributed by atoms with Gasteiger partial charge in [-0.3, -0.25) is 0 Å². The van der Waals surface area contributed by atoms with Gasteiger partial charge in [0.1, 0.15) is 5.60 Å². The van der Waals surface area contributed by atoms with E-state index in [9.17, 15) is 9.90 Å². The minimum atomic E-state index is -0.695. The molecule has 5 nitrogen and oxygen atoms in total. The van der Waals surface area contributed by atoms with E-state index < -0.39 is 11.2 Å². The van der Waals surface area contributed by atoms with E-state index in [1.807, 2.05) is 20.8 Å². The molecule has 0 radical (unpaired) electrons. The Morgan fingerprint density at radius 1 is 1.30 bits per heavy atom. The topological polar surface area (TPSA) is 70.6 Å². The molecule has 3 N–H and O–H groups in total. The number of rotatable bonds is 3. The molecular formula is C15H28N2O3. The van der Waals surface area contributed by atoms with E-state index in [1.54, 1.807) is 0 Å². The number of hydrogen-bond donors (Lipinski definition) is 3. The molecule has 1 amide bonds. The molecule has 0 bridgehead atoms. The summed E-state index contributed by atoms with van der Waals surface area (Å²) in [5.41, 5.74) is -1.49. The van der Waals surface area contributed by atoms with Gasteiger partial charge in [-0.05, 0) is 46.6 Å². The lowest BCUT2D eigenvalue weighted by Gasteiger charge is -2.37. The molecule has 1 aliphatic carbocycles. The van der Waals surface area contributed by atoms with Crippen molar-refractivity contribution in [3.63, 3.8) is 0 Å². The number of hydrogen-bond acceptors (Lipinski definition) is 4. The average Bonchev–Trinajstić information content (AvgIpc) is 2.85. The zero-order chi connectivity index (χ0) is 14.9. The predicted molar refractivity (Wildman–Crippen MR) is 77.6 cm³/mol. The second-order valence-electron chi connectivity index (χ2n) is 7.44. The van der Waals surface area contributed by atoms with Gasteiger partial charge in [0.15, 0.2) is 0 Å². The molecular weight excluding hydrogens is 256 g/mol. The fraction of sp³-hybridized carbons (Fsp3) is 0.933. The van der Waals surface area contributed by atoms with Crippen LogP contribution in [0.2, 0.25) is 0 Å². The van der Waals surface area contributed by atoms with Crippen LogP contribution < -0.4 is 10.6 Å². The molecule has 1 unspecified atom stereocenters. The van der Waals surface area contributed by atoms with E-state index in [-0.39, 0.29) is 11.6 Å². The van der Waals surface area contributed by atoms with Gasteiger partial charge in [-0.2, -0.15) is 0 Å². The molecule has 2 fully saturated rings. The second kappa shape index (κ2) is 5.53. The summed E-state index contributed by atoms with van der Waals surface area (Å²) < 4.78 is 5.37. The summed E-state index contributed by atoms with van der Waals surface area (Å²) in [5.74, 6) is 0. The summed E-state index contributed by atoms with van der Waals surface area (Å²) in [6.07, 6.45) is 5.05. The molecule has 20 heavy (non-hydrogen) atoms. The summed E-state index contributed by atoms with van der Waals surface area (Å²) in [6.45, 7) is 7.05. The fourth-order valence-corrected chi connectivity index (χ4v) is 3.43. The first-order chi connectivity index (χ1) is 9.22. The van der Waals surface area contributed by atoms with Crippen molar-refractivity contribution in [2.45, 2.75) is 76.0 Å². The van der Waals surface area contributed by atoms with Crippen LogP contribution in [0.1, 0.15) is 59.3 Å². The van der Waals surface area contributed by atoms with Crippen molar-refractivity contribution < 1.29 is 14.6 Å². The Labute approximate surface area is 121 Å². The Morgan fingerprint density at radius 2 is 1.95 bits per heavy atom. The van der Waals surface area contributed by atoms with Crippen molar-refractivity contribution in [2.75, 3.05) is 13.1 Å². The van der Waals surface area contributed by atoms with Crippen LogP contribution in [0, 0.1) is 0 Å². The monoisotopic (exact) mass is 284 g/mol. The number of β-amino-alcohol motifs (C(OH)–C–C–N with tert-alkyl or cyclic N) is 1. The van der Waals surface area contributed by atoms with Crippen LogP contribution >= 0.6 is 0 Å². The first-order valence-electron chi connectivity index (χ1n) is 7.66. The summed E-state index contributed by atoms with van der Waals surface area (Å²) in [4.78, 5) is 12.1. The zero-order valence-corrected chi connectivity index (χ0v) is 12.9. The van der Waals surface area contributed by atoms with E-state index in [0.717, 1.165) is 38.6 Å². The lowest BCUT2D eigenvalue weighted by Crippen LogP contribution is -2.53. The first kappa shape index (κ1) is 15.6. The third kappa shape index (κ3) is 4.09. The summed E-state index contributed by atoms with van der Waals surface area (Å²) >= 11 is 0. The number of aliphatic hydroxyl groups is 1. The molecule has 0 spiro atoms. The van der Waals surface area contributed by atoms with Crippen molar-refractivity contribution in [2.24, 2.45) is 0 Å². The summed E-state index contributed by atoms with van der Waals surface area (Å²) in [7, 11) is 0. The molecule has 1 aliphatic heterocycles. The van der Waals surface area contributed by atoms with E-state index in [1.165, 1.54) is 0 Å². The van der Waals surface area contributed by atoms with Gasteiger partial charge in [-0.15, -0.1) is 0 Å². The number of ether oxygens (including phenoxy) is 1. The van der Waals surface area contributed by atoms with Gasteiger partial charge < -0.3 is 20.5 Å². The highest BCUT2D eigenvalue weighted by Crippen LogP contribution is 2.38. The Kier molecular flexibility index (Phi) is 4.30. The van der Waals surface area contributed by atoms with E-state index in [0.29, 0.717) is 13.0 Å². The quantitative estimate of drug-likeness (QED) is 0.740. The molecule has 1 saturated carbocycles. The third-order valence-electron chi connectivity index (χ3n) is 4.22. The SMILES string of the molecule is CC(C)(C)OC(=O)NC1(CC2(O)CCNC2)CCCC1. The van der Waals surface area contributed by atoms with Gasteiger partial charge in [0.05, 0.1) is 5.60 Å². The lowest BCUT2D eigenvalue weighted by atomic mass is 9.82. The Hall–Kier alpha value is -0.810. The highest BCUT2D eigenvalue weighted by molar-refractivity contribution is 5.69. The smallest absolute Gasteiger partial charge is 0.408 e. The lowest BCUT2D eigenvalue weighted by molar-refractivity contribution is 0.0115. The molecule has 0 aromatic heterocycles. The van der Waals surface area contributed by atoms with Gasteiger partial charge in [0.2, 0.25) is 0 Å². The predicted octanol–water partition coefficient (Wildman–Crippen LogP) is 1.94. The molecule has 2 aliphatic rings. The van der Waals surface area contributed by atoms with Crippen LogP contribution in [0.3, 0.4) is 0 Å². The van der Waals surface area contributed by atoms with Crippen LogP contribution in [-0.4, -0.2) is 41.0 Å². The Balaban J connectivity index is 2.00. The van der Waals surface area contributed by atoms with E-state index in [2.05, 4.69) is 10.6 Å². The largest absolute Gasteiger partial charge is 0.444 e. The van der Waals surface area contributed by atoms with E-state index >= 15 is 0 Å². The molecule has 1 atom stereocenters. The third-order valence-corrected chi connectivity index (χ3v) is 4.22. The van der Waals surface area contributed by atoms with E-state index in [4.69, 9.17) is 4.74 Å². The van der Waals surface area contributed by atoms with Crippen molar-refractivity contribution in [3.8, 4) is 0 Å². The minimum Gasteiger partial charge on any atom is -0.444 e. The molecule has 0 aromatic carbocycles. The first-order valence-corrected chi connectivity index (χ1v) is 7.66. The normalized spacial score (nSPS) is 29.4. The highest BCUT2D eigenvalue weighted by Gasteiger charge is 2.44. The van der Waals surface area contributed by atoms with Gasteiger partial charge in [0, 0.05) is 18.5 Å². The Bertz CT molecular complexity index is 351. The highest BCUT2D eigenvalue weighted by atomic mass is 16.6. The zero-order valence-electron chi connectivity index (χ0n) is 12.9. The average molecular weight is 284 g/mol. The molecule has 0 aromatic rings. The number of carbonyl (C=O) groups excluding carboxylic acids is 1. The van der Waals surface area contributed by atoms with Crippen molar-refractivity contribution in [1.82, 2.24) is 10.6 Å². The maximum absolute atomic E-state index is 12.1. The summed E-state index contributed by atoms with van der Waals surface area (Å²) in [6, 6.07) is 0. The minimum absolute atomic E-state index is 0.302.